The van der Waals surface area contributed by atoms with Crippen molar-refractivity contribution in [3.05, 3.63) is 0 Å². The van der Waals surface area contributed by atoms with E-state index in [4.69, 9.17) is 0 Å². The third-order valence-electron chi connectivity index (χ3n) is 3.60. The predicted octanol–water partition coefficient (Wildman–Crippen LogP) is 1.24. The molecule has 1 aliphatic carbocycles. The van der Waals surface area contributed by atoms with Crippen LogP contribution in [-0.2, 0) is 0 Å². The number of aliphatic hydroxyl groups is 1. The Balaban J connectivity index is 2.05. The molecule has 1 N–H and O–H groups in total. The number of hydrogen-bond donors (Lipinski definition) is 1. The van der Waals surface area contributed by atoms with E-state index in [1.54, 1.807) is 0 Å². The molecule has 0 unspecified atom stereocenters. The topological polar surface area (TPSA) is 23.5 Å². The maximum Gasteiger partial charge on any atom is 0.0583 e. The summed E-state index contributed by atoms with van der Waals surface area (Å²) in [6.45, 7) is 1.23. The molecule has 1 heterocycles. The Morgan fingerprint density at radius 2 is 2.00 bits per heavy atom. The molecule has 0 bridgehead atoms. The summed E-state index contributed by atoms with van der Waals surface area (Å²) in [5, 5.41) is 9.80. The first-order valence-corrected chi connectivity index (χ1v) is 5.17. The smallest absolute Gasteiger partial charge is 0.0583 e. The molecule has 0 spiro atoms. The van der Waals surface area contributed by atoms with Crippen molar-refractivity contribution in [3.8, 4) is 0 Å². The molecule has 1 saturated carbocycles. The Labute approximate surface area is 74.6 Å². The maximum absolute atomic E-state index is 9.80. The summed E-state index contributed by atoms with van der Waals surface area (Å²) in [5.41, 5.74) is 0. The summed E-state index contributed by atoms with van der Waals surface area (Å²) in [5.74, 6) is 0.581. The van der Waals surface area contributed by atoms with Crippen LogP contribution in [0.2, 0.25) is 0 Å². The molecule has 2 heteroatoms. The highest BCUT2D eigenvalue weighted by Crippen LogP contribution is 2.34. The van der Waals surface area contributed by atoms with Gasteiger partial charge in [0.05, 0.1) is 6.10 Å². The van der Waals surface area contributed by atoms with Gasteiger partial charge in [0.15, 0.2) is 0 Å². The predicted molar refractivity (Wildman–Crippen MR) is 49.0 cm³/mol. The lowest BCUT2D eigenvalue weighted by Gasteiger charge is -2.44. The van der Waals surface area contributed by atoms with Gasteiger partial charge in [-0.2, -0.15) is 0 Å². The quantitative estimate of drug-likeness (QED) is 0.590. The minimum atomic E-state index is -0.00787. The van der Waals surface area contributed by atoms with Crippen LogP contribution < -0.4 is 0 Å². The van der Waals surface area contributed by atoms with Crippen molar-refractivity contribution in [2.45, 2.75) is 44.2 Å². The molecule has 2 fully saturated rings. The molecule has 1 aliphatic heterocycles. The first-order valence-electron chi connectivity index (χ1n) is 5.17. The second-order valence-corrected chi connectivity index (χ2v) is 4.35. The van der Waals surface area contributed by atoms with E-state index in [9.17, 15) is 5.11 Å². The van der Waals surface area contributed by atoms with E-state index >= 15 is 0 Å². The monoisotopic (exact) mass is 169 g/mol. The van der Waals surface area contributed by atoms with Gasteiger partial charge in [-0.1, -0.05) is 0 Å². The fraction of sp³-hybridized carbons (Fsp3) is 1.00. The first kappa shape index (κ1) is 8.52. The largest absolute Gasteiger partial charge is 0.393 e. The van der Waals surface area contributed by atoms with Crippen molar-refractivity contribution < 1.29 is 5.11 Å². The standard InChI is InChI=1S/C10H19NO/c1-11-7-3-4-8-9(11)5-2-6-10(8)12/h8-10,12H,2-7H2,1H3/t8-,9-,10+/m1/s1. The molecule has 2 nitrogen and oxygen atoms in total. The number of piperidine rings is 1. The zero-order valence-electron chi connectivity index (χ0n) is 7.87. The highest BCUT2D eigenvalue weighted by Gasteiger charge is 2.36. The molecular weight excluding hydrogens is 150 g/mol. The normalized spacial score (nSPS) is 44.0. The minimum Gasteiger partial charge on any atom is -0.393 e. The zero-order valence-corrected chi connectivity index (χ0v) is 7.87. The Morgan fingerprint density at radius 1 is 1.17 bits per heavy atom. The van der Waals surface area contributed by atoms with Crippen molar-refractivity contribution in [2.24, 2.45) is 5.92 Å². The number of likely N-dealkylation sites (tertiary alicyclic amines) is 1. The van der Waals surface area contributed by atoms with Crippen LogP contribution in [0.1, 0.15) is 32.1 Å². The van der Waals surface area contributed by atoms with Gasteiger partial charge >= 0.3 is 0 Å². The Morgan fingerprint density at radius 3 is 2.75 bits per heavy atom. The summed E-state index contributed by atoms with van der Waals surface area (Å²) in [6.07, 6.45) is 6.07. The lowest BCUT2D eigenvalue weighted by Crippen LogP contribution is -2.49. The van der Waals surface area contributed by atoms with Crippen molar-refractivity contribution in [2.75, 3.05) is 13.6 Å². The van der Waals surface area contributed by atoms with Gasteiger partial charge < -0.3 is 10.0 Å². The lowest BCUT2D eigenvalue weighted by atomic mass is 9.76. The van der Waals surface area contributed by atoms with E-state index < -0.39 is 0 Å². The summed E-state index contributed by atoms with van der Waals surface area (Å²) in [6, 6.07) is 0.683. The van der Waals surface area contributed by atoms with Crippen LogP contribution >= 0.6 is 0 Å². The molecule has 1 saturated heterocycles. The van der Waals surface area contributed by atoms with E-state index in [0.29, 0.717) is 12.0 Å². The molecule has 0 aromatic heterocycles. The Bertz CT molecular complexity index is 142. The molecule has 12 heavy (non-hydrogen) atoms. The highest BCUT2D eigenvalue weighted by atomic mass is 16.3. The summed E-state index contributed by atoms with van der Waals surface area (Å²) < 4.78 is 0. The maximum atomic E-state index is 9.80. The molecule has 0 aromatic rings. The van der Waals surface area contributed by atoms with Crippen molar-refractivity contribution >= 4 is 0 Å². The highest BCUT2D eigenvalue weighted by molar-refractivity contribution is 4.90. The number of hydrogen-bond acceptors (Lipinski definition) is 2. The van der Waals surface area contributed by atoms with E-state index in [2.05, 4.69) is 11.9 Å². The Hall–Kier alpha value is -0.0800. The zero-order chi connectivity index (χ0) is 8.55. The van der Waals surface area contributed by atoms with Gasteiger partial charge in [-0.25, -0.2) is 0 Å². The first-order chi connectivity index (χ1) is 5.79. The van der Waals surface area contributed by atoms with Gasteiger partial charge in [0.25, 0.3) is 0 Å². The molecule has 2 rings (SSSR count). The number of aliphatic hydroxyl groups excluding tert-OH is 1. The average Bonchev–Trinajstić information content (AvgIpc) is 2.07. The second kappa shape index (κ2) is 3.35. The molecule has 3 atom stereocenters. The fourth-order valence-electron chi connectivity index (χ4n) is 2.89. The Kier molecular flexibility index (Phi) is 2.37. The molecule has 0 amide bonds. The average molecular weight is 169 g/mol. The summed E-state index contributed by atoms with van der Waals surface area (Å²) >= 11 is 0. The third-order valence-corrected chi connectivity index (χ3v) is 3.60. The number of rotatable bonds is 0. The van der Waals surface area contributed by atoms with Gasteiger partial charge in [-0.15, -0.1) is 0 Å². The van der Waals surface area contributed by atoms with Crippen LogP contribution in [-0.4, -0.2) is 35.7 Å². The van der Waals surface area contributed by atoms with Crippen LogP contribution in [0.5, 0.6) is 0 Å². The van der Waals surface area contributed by atoms with Crippen molar-refractivity contribution in [1.82, 2.24) is 4.90 Å². The van der Waals surface area contributed by atoms with E-state index in [0.717, 1.165) is 6.42 Å². The summed E-state index contributed by atoms with van der Waals surface area (Å²) in [7, 11) is 2.20. The molecular formula is C10H19NO. The van der Waals surface area contributed by atoms with Crippen LogP contribution in [0.15, 0.2) is 0 Å². The van der Waals surface area contributed by atoms with E-state index in [1.807, 2.05) is 0 Å². The molecule has 70 valence electrons. The lowest BCUT2D eigenvalue weighted by molar-refractivity contribution is -0.0169. The number of nitrogens with zero attached hydrogens (tertiary/aromatic N) is 1. The van der Waals surface area contributed by atoms with Crippen LogP contribution in [0.3, 0.4) is 0 Å². The van der Waals surface area contributed by atoms with E-state index in [1.165, 1.54) is 32.2 Å². The van der Waals surface area contributed by atoms with E-state index in [-0.39, 0.29) is 6.10 Å². The summed E-state index contributed by atoms with van der Waals surface area (Å²) in [4.78, 5) is 2.44. The van der Waals surface area contributed by atoms with Crippen molar-refractivity contribution in [1.29, 1.82) is 0 Å². The van der Waals surface area contributed by atoms with Crippen molar-refractivity contribution in [3.63, 3.8) is 0 Å². The van der Waals surface area contributed by atoms with Gasteiger partial charge in [0, 0.05) is 12.0 Å². The molecule has 0 radical (unpaired) electrons. The van der Waals surface area contributed by atoms with Gasteiger partial charge in [-0.05, 0) is 45.7 Å². The van der Waals surface area contributed by atoms with Gasteiger partial charge in [-0.3, -0.25) is 0 Å². The second-order valence-electron chi connectivity index (χ2n) is 4.35. The minimum absolute atomic E-state index is 0.00787. The molecule has 0 aromatic carbocycles. The number of fused-ring (bicyclic) bond motifs is 1. The molecule has 2 aliphatic rings. The van der Waals surface area contributed by atoms with Crippen LogP contribution in [0.25, 0.3) is 0 Å². The SMILES string of the molecule is CN1CCC[C@@H]2[C@H]1CCC[C@@H]2O. The fourth-order valence-corrected chi connectivity index (χ4v) is 2.89. The van der Waals surface area contributed by atoms with Crippen LogP contribution in [0, 0.1) is 5.92 Å². The van der Waals surface area contributed by atoms with Crippen LogP contribution in [0.4, 0.5) is 0 Å². The van der Waals surface area contributed by atoms with Gasteiger partial charge in [0.2, 0.25) is 0 Å². The van der Waals surface area contributed by atoms with Gasteiger partial charge in [0.1, 0.15) is 0 Å². The third kappa shape index (κ3) is 1.38.